The van der Waals surface area contributed by atoms with Crippen molar-refractivity contribution in [2.75, 3.05) is 12.4 Å². The number of fused-ring (bicyclic) bond motifs is 3. The Hall–Kier alpha value is -2.38. The molecular formula is C33H41O6PS2. The molecule has 0 amide bonds. The number of sulfone groups is 1. The monoisotopic (exact) mass is 628 g/mol. The SMILES string of the molecule is CCCCCCc1ccc(SP(=O)(OCC)Oc2cc3c(c(S(=O)(=O)CCCCCC)c2)-c2ccccc2C3=O)cc1. The molecule has 42 heavy (non-hydrogen) atoms. The molecule has 0 radical (unpaired) electrons. The van der Waals surface area contributed by atoms with Gasteiger partial charge in [0.1, 0.15) is 5.75 Å². The third-order valence-electron chi connectivity index (χ3n) is 7.33. The van der Waals surface area contributed by atoms with Crippen molar-refractivity contribution in [1.29, 1.82) is 0 Å². The molecule has 1 atom stereocenters. The molecule has 6 nitrogen and oxygen atoms in total. The maximum absolute atomic E-state index is 14.0. The lowest BCUT2D eigenvalue weighted by molar-refractivity contribution is 0.104. The van der Waals surface area contributed by atoms with Gasteiger partial charge in [0.15, 0.2) is 15.6 Å². The number of hydrogen-bond acceptors (Lipinski definition) is 7. The first-order valence-electron chi connectivity index (χ1n) is 15.0. The molecule has 9 heteroatoms. The van der Waals surface area contributed by atoms with Crippen molar-refractivity contribution in [2.45, 2.75) is 88.3 Å². The number of carbonyl (C=O) groups is 1. The van der Waals surface area contributed by atoms with E-state index in [1.165, 1.54) is 37.0 Å². The van der Waals surface area contributed by atoms with E-state index in [9.17, 15) is 17.8 Å². The molecule has 0 bridgehead atoms. The molecule has 3 aromatic carbocycles. The highest BCUT2D eigenvalue weighted by molar-refractivity contribution is 8.55. The molecule has 0 saturated carbocycles. The lowest BCUT2D eigenvalue weighted by atomic mass is 10.1. The van der Waals surface area contributed by atoms with Crippen LogP contribution in [0.4, 0.5) is 0 Å². The summed E-state index contributed by atoms with van der Waals surface area (Å²) >= 11 is 0.982. The van der Waals surface area contributed by atoms with Crippen LogP contribution in [0.5, 0.6) is 5.75 Å². The number of rotatable bonds is 17. The minimum Gasteiger partial charge on any atom is -0.417 e. The Morgan fingerprint density at radius 2 is 1.45 bits per heavy atom. The highest BCUT2D eigenvalue weighted by Gasteiger charge is 2.35. The van der Waals surface area contributed by atoms with Crippen molar-refractivity contribution in [1.82, 2.24) is 0 Å². The summed E-state index contributed by atoms with van der Waals surface area (Å²) in [5.41, 5.74) is 2.89. The summed E-state index contributed by atoms with van der Waals surface area (Å²) in [6.07, 6.45) is 9.01. The van der Waals surface area contributed by atoms with Gasteiger partial charge in [-0.15, -0.1) is 0 Å². The fourth-order valence-corrected chi connectivity index (χ4v) is 10.1. The number of carbonyl (C=O) groups excluding carboxylic acids is 1. The van der Waals surface area contributed by atoms with Crippen LogP contribution in [0.1, 0.15) is 93.6 Å². The fraction of sp³-hybridized carbons (Fsp3) is 0.424. The predicted octanol–water partition coefficient (Wildman–Crippen LogP) is 9.69. The zero-order chi connectivity index (χ0) is 30.2. The zero-order valence-corrected chi connectivity index (χ0v) is 27.3. The zero-order valence-electron chi connectivity index (χ0n) is 24.8. The molecule has 0 spiro atoms. The topological polar surface area (TPSA) is 86.7 Å². The normalized spacial score (nSPS) is 13.9. The molecule has 0 aromatic heterocycles. The number of hydrogen-bond donors (Lipinski definition) is 0. The van der Waals surface area contributed by atoms with Crippen LogP contribution in [-0.4, -0.2) is 26.6 Å². The van der Waals surface area contributed by atoms with E-state index in [0.29, 0.717) is 23.1 Å². The standard InChI is InChI=1S/C33H41O6PS2/c1-4-7-9-11-15-25-18-20-27(21-19-25)41-40(35,38-6-3)39-26-23-30-32(28-16-12-13-17-29(28)33(30)34)31(24-26)42(36,37)22-14-10-8-5-2/h12-13,16-21,23-24H,4-11,14-15,22H2,1-3H3. The third-order valence-corrected chi connectivity index (χ3v) is 12.7. The summed E-state index contributed by atoms with van der Waals surface area (Å²) < 4.78 is 53.0. The first kappa shape index (κ1) is 32.5. The molecule has 1 aliphatic carbocycles. The number of unbranched alkanes of at least 4 members (excludes halogenated alkanes) is 6. The second-order valence-corrected chi connectivity index (χ2v) is 16.6. The van der Waals surface area contributed by atoms with E-state index in [-0.39, 0.29) is 34.4 Å². The first-order valence-corrected chi connectivity index (χ1v) is 19.6. The lowest BCUT2D eigenvalue weighted by Crippen LogP contribution is -2.10. The lowest BCUT2D eigenvalue weighted by Gasteiger charge is -2.19. The minimum absolute atomic E-state index is 0.0327. The molecule has 4 rings (SSSR count). The number of benzene rings is 3. The van der Waals surface area contributed by atoms with Crippen LogP contribution in [0.3, 0.4) is 0 Å². The van der Waals surface area contributed by atoms with Gasteiger partial charge in [0, 0.05) is 33.0 Å². The van der Waals surface area contributed by atoms with Crippen LogP contribution in [0.2, 0.25) is 0 Å². The predicted molar refractivity (Wildman–Crippen MR) is 172 cm³/mol. The van der Waals surface area contributed by atoms with Gasteiger partial charge in [0.05, 0.1) is 17.3 Å². The van der Waals surface area contributed by atoms with E-state index in [1.807, 2.05) is 24.3 Å². The van der Waals surface area contributed by atoms with Crippen LogP contribution in [0.25, 0.3) is 11.1 Å². The Bertz CT molecular complexity index is 1530. The molecular weight excluding hydrogens is 587 g/mol. The molecule has 0 saturated heterocycles. The van der Waals surface area contributed by atoms with Gasteiger partial charge in [-0.1, -0.05) is 88.8 Å². The Labute approximate surface area is 254 Å². The Morgan fingerprint density at radius 3 is 2.12 bits per heavy atom. The highest BCUT2D eigenvalue weighted by atomic mass is 32.7. The Balaban J connectivity index is 1.64. The van der Waals surface area contributed by atoms with Crippen LogP contribution in [0.15, 0.2) is 70.5 Å². The van der Waals surface area contributed by atoms with Gasteiger partial charge in [0.2, 0.25) is 0 Å². The number of aryl methyl sites for hydroxylation is 1. The number of ketones is 1. The van der Waals surface area contributed by atoms with Crippen molar-refractivity contribution in [3.63, 3.8) is 0 Å². The summed E-state index contributed by atoms with van der Waals surface area (Å²) in [7, 11) is -3.77. The summed E-state index contributed by atoms with van der Waals surface area (Å²) in [5, 5.41) is 0. The van der Waals surface area contributed by atoms with Crippen LogP contribution >= 0.6 is 18.2 Å². The van der Waals surface area contributed by atoms with E-state index >= 15 is 0 Å². The smallest absolute Gasteiger partial charge is 0.417 e. The fourth-order valence-electron chi connectivity index (χ4n) is 5.18. The van der Waals surface area contributed by atoms with Crippen molar-refractivity contribution < 1.29 is 26.8 Å². The van der Waals surface area contributed by atoms with Gasteiger partial charge in [-0.25, -0.2) is 13.0 Å². The van der Waals surface area contributed by atoms with Crippen molar-refractivity contribution in [3.8, 4) is 16.9 Å². The molecule has 0 heterocycles. The summed E-state index contributed by atoms with van der Waals surface area (Å²) in [5.74, 6) is -0.275. The van der Waals surface area contributed by atoms with Gasteiger partial charge in [-0.3, -0.25) is 9.32 Å². The van der Waals surface area contributed by atoms with Crippen molar-refractivity contribution >= 4 is 33.8 Å². The highest BCUT2D eigenvalue weighted by Crippen LogP contribution is 2.63. The quantitative estimate of drug-likeness (QED) is 0.0850. The molecule has 1 aliphatic rings. The van der Waals surface area contributed by atoms with Crippen molar-refractivity contribution in [3.05, 3.63) is 77.4 Å². The average Bonchev–Trinajstić information content (AvgIpc) is 3.25. The second kappa shape index (κ2) is 14.9. The van der Waals surface area contributed by atoms with Gasteiger partial charge >= 0.3 is 6.80 Å². The van der Waals surface area contributed by atoms with Crippen LogP contribution in [0, 0.1) is 0 Å². The molecule has 1 unspecified atom stereocenters. The molecule has 0 fully saturated rings. The third kappa shape index (κ3) is 7.96. The molecule has 226 valence electrons. The van der Waals surface area contributed by atoms with Gasteiger partial charge in [-0.2, -0.15) is 0 Å². The van der Waals surface area contributed by atoms with Crippen LogP contribution in [-0.2, 0) is 25.3 Å². The maximum Gasteiger partial charge on any atom is 0.444 e. The van der Waals surface area contributed by atoms with E-state index in [0.717, 1.165) is 48.4 Å². The molecule has 0 aliphatic heterocycles. The average molecular weight is 629 g/mol. The van der Waals surface area contributed by atoms with E-state index < -0.39 is 16.6 Å². The summed E-state index contributed by atoms with van der Waals surface area (Å²) in [6.45, 7) is 2.31. The van der Waals surface area contributed by atoms with E-state index in [4.69, 9.17) is 9.05 Å². The largest absolute Gasteiger partial charge is 0.444 e. The van der Waals surface area contributed by atoms with Gasteiger partial charge < -0.3 is 4.52 Å². The van der Waals surface area contributed by atoms with E-state index in [2.05, 4.69) is 13.8 Å². The minimum atomic E-state index is -3.82. The van der Waals surface area contributed by atoms with E-state index in [1.54, 1.807) is 31.2 Å². The molecule has 0 N–H and O–H groups in total. The van der Waals surface area contributed by atoms with Crippen molar-refractivity contribution in [2.24, 2.45) is 0 Å². The summed E-state index contributed by atoms with van der Waals surface area (Å²) in [6, 6.07) is 17.8. The summed E-state index contributed by atoms with van der Waals surface area (Å²) in [4.78, 5) is 14.1. The second-order valence-electron chi connectivity index (χ2n) is 10.6. The first-order chi connectivity index (χ1) is 20.2. The molecule has 3 aromatic rings. The van der Waals surface area contributed by atoms with Gasteiger partial charge in [-0.05, 0) is 61.6 Å². The Kier molecular flexibility index (Phi) is 11.5. The Morgan fingerprint density at radius 1 is 0.786 bits per heavy atom. The maximum atomic E-state index is 14.0. The van der Waals surface area contributed by atoms with Crippen LogP contribution < -0.4 is 4.52 Å². The van der Waals surface area contributed by atoms with Gasteiger partial charge in [0.25, 0.3) is 0 Å².